The summed E-state index contributed by atoms with van der Waals surface area (Å²) in [5, 5.41) is 7.78. The van der Waals surface area contributed by atoms with Crippen LogP contribution >= 0.6 is 23.2 Å². The number of halogens is 2. The Balaban J connectivity index is 1.34. The van der Waals surface area contributed by atoms with E-state index < -0.39 is 0 Å². The van der Waals surface area contributed by atoms with Crippen molar-refractivity contribution in [3.05, 3.63) is 93.5 Å². The molecule has 6 rings (SSSR count). The predicted octanol–water partition coefficient (Wildman–Crippen LogP) is 7.54. The molecule has 2 bridgehead atoms. The lowest BCUT2D eigenvalue weighted by Gasteiger charge is -2.43. The first kappa shape index (κ1) is 20.1. The SMILES string of the molecule is O=C(Nc1cc(Cl)cc(Cl)c1)c1ccc2c(c1)[C@@H]1[C@H]3CC[C@@H](C3)[C@@H]1[C@@H](c1ccccc1)N2. The summed E-state index contributed by atoms with van der Waals surface area (Å²) in [6, 6.07) is 22.3. The highest BCUT2D eigenvalue weighted by atomic mass is 35.5. The third-order valence-electron chi connectivity index (χ3n) is 7.63. The lowest BCUT2D eigenvalue weighted by molar-refractivity contribution is 0.102. The van der Waals surface area contributed by atoms with Crippen molar-refractivity contribution < 1.29 is 4.79 Å². The molecule has 0 spiro atoms. The Bertz CT molecular complexity index is 1180. The van der Waals surface area contributed by atoms with Crippen LogP contribution in [-0.4, -0.2) is 5.91 Å². The smallest absolute Gasteiger partial charge is 0.255 e. The zero-order chi connectivity index (χ0) is 21.8. The number of fused-ring (bicyclic) bond motifs is 7. The van der Waals surface area contributed by atoms with Crippen LogP contribution in [0.3, 0.4) is 0 Å². The van der Waals surface area contributed by atoms with Gasteiger partial charge in [0.05, 0.1) is 6.04 Å². The van der Waals surface area contributed by atoms with Crippen LogP contribution in [0.15, 0.2) is 66.7 Å². The van der Waals surface area contributed by atoms with Crippen LogP contribution in [-0.2, 0) is 0 Å². The second-order valence-electron chi connectivity index (χ2n) is 9.38. The van der Waals surface area contributed by atoms with E-state index in [1.54, 1.807) is 18.2 Å². The number of hydrogen-bond acceptors (Lipinski definition) is 2. The molecule has 0 saturated heterocycles. The fourth-order valence-corrected chi connectivity index (χ4v) is 6.97. The Kier molecular flexibility index (Phi) is 4.93. The molecule has 2 fully saturated rings. The number of amides is 1. The second-order valence-corrected chi connectivity index (χ2v) is 10.3. The fourth-order valence-electron chi connectivity index (χ4n) is 6.45. The van der Waals surface area contributed by atoms with Crippen molar-refractivity contribution in [3.8, 4) is 0 Å². The van der Waals surface area contributed by atoms with Crippen molar-refractivity contribution in [2.24, 2.45) is 17.8 Å². The van der Waals surface area contributed by atoms with Gasteiger partial charge in [0.2, 0.25) is 0 Å². The molecule has 0 aromatic heterocycles. The molecule has 0 unspecified atom stereocenters. The number of carbonyl (C=O) groups is 1. The van der Waals surface area contributed by atoms with Gasteiger partial charge in [-0.05, 0) is 90.5 Å². The van der Waals surface area contributed by atoms with Crippen LogP contribution in [0.2, 0.25) is 10.0 Å². The molecular weight excluding hydrogens is 439 g/mol. The van der Waals surface area contributed by atoms with Gasteiger partial charge in [0.25, 0.3) is 5.91 Å². The van der Waals surface area contributed by atoms with E-state index in [0.717, 1.165) is 11.6 Å². The molecule has 1 amide bonds. The molecule has 1 heterocycles. The van der Waals surface area contributed by atoms with Crippen LogP contribution in [0.5, 0.6) is 0 Å². The van der Waals surface area contributed by atoms with Crippen molar-refractivity contribution in [2.75, 3.05) is 10.6 Å². The summed E-state index contributed by atoms with van der Waals surface area (Å²) in [5.74, 6) is 2.40. The molecule has 0 radical (unpaired) electrons. The molecular formula is C27H24Cl2N2O. The van der Waals surface area contributed by atoms with Crippen molar-refractivity contribution in [2.45, 2.75) is 31.2 Å². The third kappa shape index (κ3) is 3.39. The molecule has 5 heteroatoms. The minimum absolute atomic E-state index is 0.143. The number of carbonyl (C=O) groups excluding carboxylic acids is 1. The van der Waals surface area contributed by atoms with E-state index in [4.69, 9.17) is 23.2 Å². The molecule has 2 aliphatic carbocycles. The summed E-state index contributed by atoms with van der Waals surface area (Å²) < 4.78 is 0. The van der Waals surface area contributed by atoms with Gasteiger partial charge < -0.3 is 10.6 Å². The van der Waals surface area contributed by atoms with E-state index in [9.17, 15) is 4.79 Å². The molecule has 3 aliphatic rings. The molecule has 32 heavy (non-hydrogen) atoms. The van der Waals surface area contributed by atoms with Gasteiger partial charge in [-0.2, -0.15) is 0 Å². The Morgan fingerprint density at radius 1 is 0.906 bits per heavy atom. The first-order valence-corrected chi connectivity index (χ1v) is 12.1. The van der Waals surface area contributed by atoms with Gasteiger partial charge in [0, 0.05) is 27.0 Å². The maximum absolute atomic E-state index is 13.0. The standard InChI is InChI=1S/C27H24Cl2N2O/c28-19-12-20(29)14-21(13-19)30-27(32)18-8-9-23-22(11-18)24-16-6-7-17(10-16)25(24)26(31-23)15-4-2-1-3-5-15/h1-5,8-9,11-14,16-17,24-26,31H,6-7,10H2,(H,30,32)/t16-,17-,24-,25-,26+/m0/s1. The zero-order valence-corrected chi connectivity index (χ0v) is 19.0. The van der Waals surface area contributed by atoms with Crippen LogP contribution in [0, 0.1) is 17.8 Å². The Hall–Kier alpha value is -2.49. The Morgan fingerprint density at radius 2 is 1.66 bits per heavy atom. The van der Waals surface area contributed by atoms with E-state index in [-0.39, 0.29) is 5.91 Å². The normalized spacial score (nSPS) is 27.4. The lowest BCUT2D eigenvalue weighted by Crippen LogP contribution is -2.35. The van der Waals surface area contributed by atoms with Gasteiger partial charge in [-0.25, -0.2) is 0 Å². The molecule has 1 aliphatic heterocycles. The predicted molar refractivity (Wildman–Crippen MR) is 131 cm³/mol. The summed E-state index contributed by atoms with van der Waals surface area (Å²) >= 11 is 12.2. The van der Waals surface area contributed by atoms with Crippen LogP contribution in [0.4, 0.5) is 11.4 Å². The van der Waals surface area contributed by atoms with Crippen molar-refractivity contribution in [3.63, 3.8) is 0 Å². The molecule has 3 aromatic carbocycles. The average molecular weight is 463 g/mol. The molecule has 2 N–H and O–H groups in total. The fraction of sp³-hybridized carbons (Fsp3) is 0.296. The van der Waals surface area contributed by atoms with Gasteiger partial charge in [-0.15, -0.1) is 0 Å². The molecule has 3 nitrogen and oxygen atoms in total. The number of hydrogen-bond donors (Lipinski definition) is 2. The Morgan fingerprint density at radius 3 is 2.44 bits per heavy atom. The highest BCUT2D eigenvalue weighted by Crippen LogP contribution is 2.63. The maximum atomic E-state index is 13.0. The minimum atomic E-state index is -0.143. The first-order valence-electron chi connectivity index (χ1n) is 11.3. The van der Waals surface area contributed by atoms with E-state index >= 15 is 0 Å². The number of anilines is 2. The first-order chi connectivity index (χ1) is 15.6. The van der Waals surface area contributed by atoms with Gasteiger partial charge in [0.15, 0.2) is 0 Å². The molecule has 5 atom stereocenters. The molecule has 3 aromatic rings. The van der Waals surface area contributed by atoms with Gasteiger partial charge >= 0.3 is 0 Å². The van der Waals surface area contributed by atoms with Crippen LogP contribution in [0.1, 0.15) is 52.7 Å². The van der Waals surface area contributed by atoms with E-state index in [1.807, 2.05) is 6.07 Å². The van der Waals surface area contributed by atoms with Gasteiger partial charge in [-0.1, -0.05) is 53.5 Å². The topological polar surface area (TPSA) is 41.1 Å². The van der Waals surface area contributed by atoms with Crippen molar-refractivity contribution >= 4 is 40.5 Å². The highest BCUT2D eigenvalue weighted by Gasteiger charge is 2.53. The second kappa shape index (κ2) is 7.83. The third-order valence-corrected chi connectivity index (χ3v) is 8.06. The zero-order valence-electron chi connectivity index (χ0n) is 17.5. The van der Waals surface area contributed by atoms with E-state index in [1.165, 1.54) is 30.4 Å². The lowest BCUT2D eigenvalue weighted by atomic mass is 9.68. The Labute approximate surface area is 198 Å². The van der Waals surface area contributed by atoms with Crippen molar-refractivity contribution in [1.82, 2.24) is 0 Å². The van der Waals surface area contributed by atoms with E-state index in [0.29, 0.717) is 45.1 Å². The van der Waals surface area contributed by atoms with Crippen LogP contribution < -0.4 is 10.6 Å². The number of nitrogens with one attached hydrogen (secondary N) is 2. The average Bonchev–Trinajstić information content (AvgIpc) is 3.41. The van der Waals surface area contributed by atoms with Gasteiger partial charge in [-0.3, -0.25) is 4.79 Å². The maximum Gasteiger partial charge on any atom is 0.255 e. The summed E-state index contributed by atoms with van der Waals surface area (Å²) in [7, 11) is 0. The number of benzene rings is 3. The summed E-state index contributed by atoms with van der Waals surface area (Å²) in [4.78, 5) is 13.0. The molecule has 2 saturated carbocycles. The highest BCUT2D eigenvalue weighted by molar-refractivity contribution is 6.35. The van der Waals surface area contributed by atoms with Gasteiger partial charge in [0.1, 0.15) is 0 Å². The summed E-state index contributed by atoms with van der Waals surface area (Å²) in [6.07, 6.45) is 3.92. The quantitative estimate of drug-likeness (QED) is 0.421. The minimum Gasteiger partial charge on any atom is -0.378 e. The largest absolute Gasteiger partial charge is 0.378 e. The summed E-state index contributed by atoms with van der Waals surface area (Å²) in [5.41, 5.74) is 5.09. The molecule has 162 valence electrons. The number of rotatable bonds is 3. The monoisotopic (exact) mass is 462 g/mol. The summed E-state index contributed by atoms with van der Waals surface area (Å²) in [6.45, 7) is 0. The van der Waals surface area contributed by atoms with E-state index in [2.05, 4.69) is 53.1 Å². The van der Waals surface area contributed by atoms with Crippen LogP contribution in [0.25, 0.3) is 0 Å². The van der Waals surface area contributed by atoms with Crippen molar-refractivity contribution in [1.29, 1.82) is 0 Å².